The molecule has 0 radical (unpaired) electrons. The second-order valence-corrected chi connectivity index (χ2v) is 6.22. The highest BCUT2D eigenvalue weighted by atomic mass is 35.5. The molecule has 0 spiro atoms. The molecule has 1 amide bonds. The fourth-order valence-electron chi connectivity index (χ4n) is 1.67. The molecule has 2 atom stereocenters. The molecule has 2 unspecified atom stereocenters. The summed E-state index contributed by atoms with van der Waals surface area (Å²) in [5, 5.41) is 22.2. The van der Waals surface area contributed by atoms with Crippen LogP contribution in [0.25, 0.3) is 0 Å². The van der Waals surface area contributed by atoms with Gasteiger partial charge in [0, 0.05) is 17.1 Å². The molecule has 0 saturated heterocycles. The van der Waals surface area contributed by atoms with Gasteiger partial charge in [0.2, 0.25) is 0 Å². The molecular weight excluding hydrogens is 315 g/mol. The van der Waals surface area contributed by atoms with Gasteiger partial charge in [-0.2, -0.15) is 0 Å². The van der Waals surface area contributed by atoms with Gasteiger partial charge in [-0.1, -0.05) is 11.6 Å². The molecule has 0 aliphatic carbocycles. The Morgan fingerprint density at radius 1 is 1.45 bits per heavy atom. The number of aliphatic hydroxyl groups excluding tert-OH is 2. The average Bonchev–Trinajstić information content (AvgIpc) is 2.37. The molecule has 0 fully saturated rings. The van der Waals surface area contributed by atoms with E-state index in [1.54, 1.807) is 20.8 Å². The minimum Gasteiger partial charge on any atom is -0.444 e. The molecule has 6 nitrogen and oxygen atoms in total. The van der Waals surface area contributed by atoms with Crippen molar-refractivity contribution in [3.05, 3.63) is 28.5 Å². The first-order valence-electron chi connectivity index (χ1n) is 6.58. The summed E-state index contributed by atoms with van der Waals surface area (Å²) in [5.74, 6) is -0.797. The lowest BCUT2D eigenvalue weighted by Crippen LogP contribution is -2.39. The lowest BCUT2D eigenvalue weighted by atomic mass is 10.0. The Labute approximate surface area is 133 Å². The van der Waals surface area contributed by atoms with E-state index in [1.165, 1.54) is 6.07 Å². The molecule has 0 aromatic heterocycles. The third-order valence-corrected chi connectivity index (χ3v) is 2.88. The molecular formula is C14H20ClFN2O4. The zero-order valence-corrected chi connectivity index (χ0v) is 13.3. The number of benzene rings is 1. The van der Waals surface area contributed by atoms with Gasteiger partial charge in [-0.05, 0) is 32.9 Å². The summed E-state index contributed by atoms with van der Waals surface area (Å²) in [6.45, 7) is 4.76. The van der Waals surface area contributed by atoms with Crippen LogP contribution < -0.4 is 11.1 Å². The predicted molar refractivity (Wildman–Crippen MR) is 81.0 cm³/mol. The molecule has 0 aliphatic rings. The second kappa shape index (κ2) is 7.13. The van der Waals surface area contributed by atoms with Crippen LogP contribution in [0.15, 0.2) is 12.1 Å². The van der Waals surface area contributed by atoms with E-state index in [-0.39, 0.29) is 22.8 Å². The van der Waals surface area contributed by atoms with Crippen molar-refractivity contribution in [2.45, 2.75) is 38.6 Å². The topological polar surface area (TPSA) is 105 Å². The first-order valence-corrected chi connectivity index (χ1v) is 6.96. The third-order valence-electron chi connectivity index (χ3n) is 2.66. The number of aliphatic hydroxyl groups is 2. The zero-order valence-electron chi connectivity index (χ0n) is 12.6. The van der Waals surface area contributed by atoms with Gasteiger partial charge in [-0.15, -0.1) is 0 Å². The molecule has 22 heavy (non-hydrogen) atoms. The van der Waals surface area contributed by atoms with Crippen molar-refractivity contribution >= 4 is 23.4 Å². The van der Waals surface area contributed by atoms with Crippen LogP contribution in [-0.2, 0) is 4.74 Å². The van der Waals surface area contributed by atoms with Gasteiger partial charge >= 0.3 is 6.09 Å². The fraction of sp³-hybridized carbons (Fsp3) is 0.500. The van der Waals surface area contributed by atoms with Gasteiger partial charge in [-0.3, -0.25) is 0 Å². The average molecular weight is 335 g/mol. The molecule has 0 heterocycles. The van der Waals surface area contributed by atoms with Gasteiger partial charge in [0.1, 0.15) is 23.6 Å². The smallest absolute Gasteiger partial charge is 0.407 e. The fourth-order valence-corrected chi connectivity index (χ4v) is 1.88. The number of ether oxygens (including phenoxy) is 1. The first kappa shape index (κ1) is 18.5. The molecule has 124 valence electrons. The molecule has 5 N–H and O–H groups in total. The van der Waals surface area contributed by atoms with Crippen LogP contribution in [0.5, 0.6) is 0 Å². The number of carbonyl (C=O) groups is 1. The van der Waals surface area contributed by atoms with E-state index in [2.05, 4.69) is 5.32 Å². The Balaban J connectivity index is 2.70. The number of carbonyl (C=O) groups excluding carboxylic acids is 1. The number of nitrogens with two attached hydrogens (primary N) is 1. The van der Waals surface area contributed by atoms with E-state index < -0.39 is 29.7 Å². The maximum Gasteiger partial charge on any atom is 0.407 e. The Hall–Kier alpha value is -1.57. The predicted octanol–water partition coefficient (Wildman–Crippen LogP) is 1.98. The molecule has 1 aromatic carbocycles. The second-order valence-electron chi connectivity index (χ2n) is 5.79. The maximum absolute atomic E-state index is 13.5. The number of nitrogens with one attached hydrogen (secondary N) is 1. The Morgan fingerprint density at radius 3 is 2.59 bits per heavy atom. The summed E-state index contributed by atoms with van der Waals surface area (Å²) in [4.78, 5) is 11.5. The van der Waals surface area contributed by atoms with E-state index in [0.29, 0.717) is 0 Å². The minimum absolute atomic E-state index is 0.0352. The van der Waals surface area contributed by atoms with Gasteiger partial charge in [0.05, 0.1) is 5.69 Å². The van der Waals surface area contributed by atoms with Crippen molar-refractivity contribution in [2.24, 2.45) is 0 Å². The largest absolute Gasteiger partial charge is 0.444 e. The summed E-state index contributed by atoms with van der Waals surface area (Å²) in [6, 6.07) is 2.25. The highest BCUT2D eigenvalue weighted by Gasteiger charge is 2.24. The van der Waals surface area contributed by atoms with E-state index in [1.807, 2.05) is 0 Å². The van der Waals surface area contributed by atoms with Crippen LogP contribution in [0.3, 0.4) is 0 Å². The van der Waals surface area contributed by atoms with Crippen LogP contribution in [0.4, 0.5) is 14.9 Å². The number of halogens is 2. The Morgan fingerprint density at radius 2 is 2.05 bits per heavy atom. The van der Waals surface area contributed by atoms with Crippen molar-refractivity contribution in [2.75, 3.05) is 12.3 Å². The number of nitrogen functional groups attached to an aromatic ring is 1. The number of hydrogen-bond donors (Lipinski definition) is 4. The van der Waals surface area contributed by atoms with Crippen LogP contribution in [0.1, 0.15) is 32.4 Å². The van der Waals surface area contributed by atoms with Crippen molar-refractivity contribution < 1.29 is 24.1 Å². The number of alkyl carbamates (subject to hydrolysis) is 1. The van der Waals surface area contributed by atoms with Crippen LogP contribution >= 0.6 is 11.6 Å². The van der Waals surface area contributed by atoms with E-state index in [4.69, 9.17) is 22.1 Å². The summed E-state index contributed by atoms with van der Waals surface area (Å²) < 4.78 is 18.5. The monoisotopic (exact) mass is 334 g/mol. The van der Waals surface area contributed by atoms with Crippen LogP contribution in [0.2, 0.25) is 5.02 Å². The van der Waals surface area contributed by atoms with E-state index in [0.717, 1.165) is 6.07 Å². The summed E-state index contributed by atoms with van der Waals surface area (Å²) in [6.07, 6.45) is -3.67. The first-order chi connectivity index (χ1) is 10.0. The van der Waals surface area contributed by atoms with Crippen molar-refractivity contribution in [1.29, 1.82) is 0 Å². The standard InChI is InChI=1S/C14H20ClFN2O4/c1-14(2,3)22-13(21)18-6-10(19)12(20)8-4-7(15)5-9(16)11(8)17/h4-5,10,12,19-20H,6,17H2,1-3H3,(H,18,21). The van der Waals surface area contributed by atoms with Gasteiger partial charge in [-0.25, -0.2) is 9.18 Å². The number of hydrogen-bond acceptors (Lipinski definition) is 5. The maximum atomic E-state index is 13.5. The highest BCUT2D eigenvalue weighted by molar-refractivity contribution is 6.30. The molecule has 0 saturated carbocycles. The lowest BCUT2D eigenvalue weighted by molar-refractivity contribution is 0.0132. The zero-order chi connectivity index (χ0) is 17.1. The number of anilines is 1. The minimum atomic E-state index is -1.51. The summed E-state index contributed by atoms with van der Waals surface area (Å²) in [5.41, 5.74) is 4.46. The quantitative estimate of drug-likeness (QED) is 0.630. The Kier molecular flexibility index (Phi) is 5.99. The third kappa shape index (κ3) is 5.32. The molecule has 0 bridgehead atoms. The molecule has 1 aromatic rings. The Bertz CT molecular complexity index is 548. The molecule has 0 aliphatic heterocycles. The normalized spacial score (nSPS) is 14.3. The van der Waals surface area contributed by atoms with Crippen LogP contribution in [0, 0.1) is 5.82 Å². The number of rotatable bonds is 4. The number of amides is 1. The molecule has 1 rings (SSSR count). The van der Waals surface area contributed by atoms with E-state index in [9.17, 15) is 19.4 Å². The van der Waals surface area contributed by atoms with E-state index >= 15 is 0 Å². The highest BCUT2D eigenvalue weighted by Crippen LogP contribution is 2.29. The van der Waals surface area contributed by atoms with Crippen molar-refractivity contribution in [3.8, 4) is 0 Å². The molecule has 8 heteroatoms. The van der Waals surface area contributed by atoms with Gasteiger partial charge in [0.25, 0.3) is 0 Å². The van der Waals surface area contributed by atoms with Crippen molar-refractivity contribution in [3.63, 3.8) is 0 Å². The van der Waals surface area contributed by atoms with Crippen LogP contribution in [-0.4, -0.2) is 34.6 Å². The van der Waals surface area contributed by atoms with Crippen molar-refractivity contribution in [1.82, 2.24) is 5.32 Å². The summed E-state index contributed by atoms with van der Waals surface area (Å²) >= 11 is 5.69. The lowest BCUT2D eigenvalue weighted by Gasteiger charge is -2.23. The SMILES string of the molecule is CC(C)(C)OC(=O)NCC(O)C(O)c1cc(Cl)cc(F)c1N. The summed E-state index contributed by atoms with van der Waals surface area (Å²) in [7, 11) is 0. The van der Waals surface area contributed by atoms with Gasteiger partial charge < -0.3 is 26.0 Å². The van der Waals surface area contributed by atoms with Gasteiger partial charge in [0.15, 0.2) is 0 Å².